The Balaban J connectivity index is 1.83. The highest BCUT2D eigenvalue weighted by Crippen LogP contribution is 2.19. The van der Waals surface area contributed by atoms with Crippen LogP contribution in [0.4, 0.5) is 14.9 Å². The standard InChI is InChI=1S/C15H19ClFN3O2/c1-19(8-9-20-7-3-2-4-14(20)21)15(22)18-11-5-6-12(16)13(17)10-11/h5-6,10H,2-4,7-9H2,1H3,(H,18,22). The number of hydrogen-bond acceptors (Lipinski definition) is 2. The van der Waals surface area contributed by atoms with Crippen molar-refractivity contribution < 1.29 is 14.0 Å². The van der Waals surface area contributed by atoms with E-state index in [1.165, 1.54) is 23.1 Å². The van der Waals surface area contributed by atoms with Crippen molar-refractivity contribution in [2.24, 2.45) is 0 Å². The van der Waals surface area contributed by atoms with Crippen molar-refractivity contribution in [2.75, 3.05) is 32.0 Å². The number of likely N-dealkylation sites (tertiary alicyclic amines) is 1. The van der Waals surface area contributed by atoms with Crippen LogP contribution in [0.15, 0.2) is 18.2 Å². The quantitative estimate of drug-likeness (QED) is 0.924. The lowest BCUT2D eigenvalue weighted by Gasteiger charge is -2.28. The third-order valence-electron chi connectivity index (χ3n) is 3.64. The summed E-state index contributed by atoms with van der Waals surface area (Å²) in [5, 5.41) is 2.60. The van der Waals surface area contributed by atoms with Crippen molar-refractivity contribution in [3.05, 3.63) is 29.0 Å². The fourth-order valence-corrected chi connectivity index (χ4v) is 2.38. The number of benzene rings is 1. The summed E-state index contributed by atoms with van der Waals surface area (Å²) in [6, 6.07) is 3.73. The number of piperidine rings is 1. The molecule has 0 unspecified atom stereocenters. The Morgan fingerprint density at radius 3 is 2.91 bits per heavy atom. The first-order valence-electron chi connectivity index (χ1n) is 7.22. The maximum Gasteiger partial charge on any atom is 0.321 e. The van der Waals surface area contributed by atoms with Crippen molar-refractivity contribution in [1.82, 2.24) is 9.80 Å². The van der Waals surface area contributed by atoms with E-state index in [9.17, 15) is 14.0 Å². The molecule has 1 aliphatic rings. The molecule has 0 bridgehead atoms. The normalized spacial score (nSPS) is 14.9. The van der Waals surface area contributed by atoms with Gasteiger partial charge in [0.1, 0.15) is 5.82 Å². The molecule has 0 aliphatic carbocycles. The molecular weight excluding hydrogens is 309 g/mol. The Morgan fingerprint density at radius 1 is 1.45 bits per heavy atom. The Labute approximate surface area is 134 Å². The fourth-order valence-electron chi connectivity index (χ4n) is 2.26. The predicted octanol–water partition coefficient (Wildman–Crippen LogP) is 2.96. The van der Waals surface area contributed by atoms with E-state index in [2.05, 4.69) is 5.32 Å². The molecule has 120 valence electrons. The third-order valence-corrected chi connectivity index (χ3v) is 3.95. The molecule has 3 amide bonds. The smallest absolute Gasteiger partial charge is 0.321 e. The number of halogens is 2. The van der Waals surface area contributed by atoms with Crippen LogP contribution in [0.2, 0.25) is 5.02 Å². The maximum atomic E-state index is 13.3. The van der Waals surface area contributed by atoms with Gasteiger partial charge in [-0.15, -0.1) is 0 Å². The second-order valence-electron chi connectivity index (χ2n) is 5.32. The van der Waals surface area contributed by atoms with Crippen molar-refractivity contribution in [2.45, 2.75) is 19.3 Å². The second kappa shape index (κ2) is 7.45. The SMILES string of the molecule is CN(CCN1CCCCC1=O)C(=O)Nc1ccc(Cl)c(F)c1. The van der Waals surface area contributed by atoms with E-state index in [4.69, 9.17) is 11.6 Å². The summed E-state index contributed by atoms with van der Waals surface area (Å²) in [7, 11) is 1.63. The topological polar surface area (TPSA) is 52.7 Å². The van der Waals surface area contributed by atoms with Crippen LogP contribution in [-0.2, 0) is 4.79 Å². The number of carbonyl (C=O) groups is 2. The van der Waals surface area contributed by atoms with Crippen LogP contribution in [0.5, 0.6) is 0 Å². The van der Waals surface area contributed by atoms with Gasteiger partial charge >= 0.3 is 6.03 Å². The van der Waals surface area contributed by atoms with Crippen LogP contribution >= 0.6 is 11.6 Å². The molecule has 0 saturated carbocycles. The van der Waals surface area contributed by atoms with Crippen molar-refractivity contribution in [1.29, 1.82) is 0 Å². The zero-order chi connectivity index (χ0) is 16.1. The van der Waals surface area contributed by atoms with Gasteiger partial charge in [0, 0.05) is 38.8 Å². The Morgan fingerprint density at radius 2 is 2.23 bits per heavy atom. The largest absolute Gasteiger partial charge is 0.341 e. The maximum absolute atomic E-state index is 13.3. The summed E-state index contributed by atoms with van der Waals surface area (Å²) < 4.78 is 13.3. The monoisotopic (exact) mass is 327 g/mol. The van der Waals surface area contributed by atoms with Crippen molar-refractivity contribution >= 4 is 29.2 Å². The Kier molecular flexibility index (Phi) is 5.60. The van der Waals surface area contributed by atoms with Gasteiger partial charge in [-0.05, 0) is 31.0 Å². The number of rotatable bonds is 4. The average molecular weight is 328 g/mol. The van der Waals surface area contributed by atoms with Crippen molar-refractivity contribution in [3.63, 3.8) is 0 Å². The highest BCUT2D eigenvalue weighted by atomic mass is 35.5. The first-order chi connectivity index (χ1) is 10.5. The van der Waals surface area contributed by atoms with Crippen LogP contribution in [0.25, 0.3) is 0 Å². The van der Waals surface area contributed by atoms with Gasteiger partial charge in [0.2, 0.25) is 5.91 Å². The highest BCUT2D eigenvalue weighted by molar-refractivity contribution is 6.30. The molecule has 7 heteroatoms. The van der Waals surface area contributed by atoms with Gasteiger partial charge in [-0.2, -0.15) is 0 Å². The Bertz CT molecular complexity index is 568. The predicted molar refractivity (Wildman–Crippen MR) is 83.5 cm³/mol. The van der Waals surface area contributed by atoms with E-state index in [0.717, 1.165) is 19.4 Å². The molecule has 1 aromatic carbocycles. The van der Waals surface area contributed by atoms with E-state index >= 15 is 0 Å². The summed E-state index contributed by atoms with van der Waals surface area (Å²) in [5.74, 6) is -0.444. The number of urea groups is 1. The first kappa shape index (κ1) is 16.5. The molecule has 1 aliphatic heterocycles. The molecule has 1 fully saturated rings. The minimum atomic E-state index is -0.582. The van der Waals surface area contributed by atoms with Gasteiger partial charge < -0.3 is 15.1 Å². The molecule has 1 saturated heterocycles. The number of nitrogens with one attached hydrogen (secondary N) is 1. The second-order valence-corrected chi connectivity index (χ2v) is 5.73. The van der Waals surface area contributed by atoms with E-state index < -0.39 is 5.82 Å². The molecule has 1 aromatic rings. The Hall–Kier alpha value is -1.82. The van der Waals surface area contributed by atoms with Crippen LogP contribution in [0.1, 0.15) is 19.3 Å². The molecule has 0 atom stereocenters. The zero-order valence-corrected chi connectivity index (χ0v) is 13.2. The lowest BCUT2D eigenvalue weighted by molar-refractivity contribution is -0.133. The molecule has 0 spiro atoms. The van der Waals surface area contributed by atoms with Gasteiger partial charge in [0.05, 0.1) is 5.02 Å². The van der Waals surface area contributed by atoms with E-state index in [1.54, 1.807) is 11.9 Å². The minimum absolute atomic E-state index is 0.00923. The van der Waals surface area contributed by atoms with Gasteiger partial charge in [0.25, 0.3) is 0 Å². The number of hydrogen-bond donors (Lipinski definition) is 1. The molecule has 22 heavy (non-hydrogen) atoms. The number of anilines is 1. The molecule has 0 radical (unpaired) electrons. The lowest BCUT2D eigenvalue weighted by Crippen LogP contribution is -2.42. The summed E-state index contributed by atoms with van der Waals surface area (Å²) in [5.41, 5.74) is 0.341. The number of carbonyl (C=O) groups excluding carboxylic acids is 2. The highest BCUT2D eigenvalue weighted by Gasteiger charge is 2.19. The summed E-state index contributed by atoms with van der Waals surface area (Å²) in [6.07, 6.45) is 2.53. The summed E-state index contributed by atoms with van der Waals surface area (Å²) in [6.45, 7) is 1.68. The average Bonchev–Trinajstić information content (AvgIpc) is 2.50. The van der Waals surface area contributed by atoms with Crippen LogP contribution in [0.3, 0.4) is 0 Å². The lowest BCUT2D eigenvalue weighted by atomic mass is 10.1. The molecule has 2 rings (SSSR count). The van der Waals surface area contributed by atoms with Crippen LogP contribution < -0.4 is 5.32 Å². The van der Waals surface area contributed by atoms with Gasteiger partial charge in [0.15, 0.2) is 0 Å². The zero-order valence-electron chi connectivity index (χ0n) is 12.4. The fraction of sp³-hybridized carbons (Fsp3) is 0.467. The summed E-state index contributed by atoms with van der Waals surface area (Å²) in [4.78, 5) is 26.9. The molecule has 1 N–H and O–H groups in total. The van der Waals surface area contributed by atoms with Gasteiger partial charge in [-0.25, -0.2) is 9.18 Å². The van der Waals surface area contributed by atoms with Crippen LogP contribution in [-0.4, -0.2) is 48.4 Å². The number of amides is 3. The van der Waals surface area contributed by atoms with E-state index in [0.29, 0.717) is 25.2 Å². The molecule has 1 heterocycles. The minimum Gasteiger partial charge on any atom is -0.341 e. The van der Waals surface area contributed by atoms with Crippen molar-refractivity contribution in [3.8, 4) is 0 Å². The van der Waals surface area contributed by atoms with E-state index in [1.807, 2.05) is 0 Å². The summed E-state index contributed by atoms with van der Waals surface area (Å²) >= 11 is 5.59. The molecular formula is C15H19ClFN3O2. The molecule has 5 nitrogen and oxygen atoms in total. The van der Waals surface area contributed by atoms with Crippen LogP contribution in [0, 0.1) is 5.82 Å². The van der Waals surface area contributed by atoms with E-state index in [-0.39, 0.29) is 17.0 Å². The number of likely N-dealkylation sites (N-methyl/N-ethyl adjacent to an activating group) is 1. The first-order valence-corrected chi connectivity index (χ1v) is 7.60. The van der Waals surface area contributed by atoms with Gasteiger partial charge in [-0.3, -0.25) is 4.79 Å². The third kappa shape index (κ3) is 4.34. The number of nitrogens with zero attached hydrogens (tertiary/aromatic N) is 2. The molecule has 0 aromatic heterocycles. The van der Waals surface area contributed by atoms with Gasteiger partial charge in [-0.1, -0.05) is 11.6 Å².